The van der Waals surface area contributed by atoms with Crippen LogP contribution in [-0.2, 0) is 14.3 Å². The van der Waals surface area contributed by atoms with E-state index in [0.717, 1.165) is 6.42 Å². The molecule has 2 fully saturated rings. The lowest BCUT2D eigenvalue weighted by atomic mass is 9.91. The lowest BCUT2D eigenvalue weighted by molar-refractivity contribution is -0.146. The molecule has 2 saturated heterocycles. The van der Waals surface area contributed by atoms with Crippen LogP contribution in [0, 0.1) is 17.7 Å². The van der Waals surface area contributed by atoms with Crippen LogP contribution in [0.1, 0.15) is 36.0 Å². The highest BCUT2D eigenvalue weighted by molar-refractivity contribution is 5.95. The maximum absolute atomic E-state index is 13.1. The Hall–Kier alpha value is -2.48. The van der Waals surface area contributed by atoms with Gasteiger partial charge in [-0.1, -0.05) is 0 Å². The summed E-state index contributed by atoms with van der Waals surface area (Å²) in [6, 6.07) is 4.31. The van der Waals surface area contributed by atoms with Crippen LogP contribution in [0.15, 0.2) is 24.3 Å². The maximum Gasteiger partial charge on any atom is 0.326 e. The molecule has 0 saturated carbocycles. The van der Waals surface area contributed by atoms with Gasteiger partial charge in [-0.3, -0.25) is 9.59 Å². The summed E-state index contributed by atoms with van der Waals surface area (Å²) in [4.78, 5) is 38.5. The number of carboxylic acid groups (broad SMARTS) is 1. The average Bonchev–Trinajstić information content (AvgIpc) is 2.72. The van der Waals surface area contributed by atoms with Crippen molar-refractivity contribution in [2.75, 3.05) is 26.3 Å². The second-order valence-corrected chi connectivity index (χ2v) is 7.40. The van der Waals surface area contributed by atoms with E-state index in [2.05, 4.69) is 5.32 Å². The van der Waals surface area contributed by atoms with Crippen LogP contribution >= 0.6 is 0 Å². The van der Waals surface area contributed by atoms with E-state index in [4.69, 9.17) is 4.74 Å². The molecule has 2 N–H and O–H groups in total. The molecule has 7 nitrogen and oxygen atoms in total. The molecule has 2 amide bonds. The van der Waals surface area contributed by atoms with E-state index in [9.17, 15) is 23.9 Å². The van der Waals surface area contributed by atoms with Gasteiger partial charge in [0.15, 0.2) is 0 Å². The standard InChI is InChI=1S/C20H25FN2O5/c21-16-7-5-13(6-8-16)19(25)23-9-1-3-14(11-23)18(24)22-17(20(26)27)15-4-2-10-28-12-15/h5-8,14-15,17H,1-4,9-12H2,(H,22,24)(H,26,27). The van der Waals surface area contributed by atoms with Crippen LogP contribution in [0.3, 0.4) is 0 Å². The molecule has 8 heteroatoms. The molecule has 2 aliphatic rings. The van der Waals surface area contributed by atoms with Gasteiger partial charge >= 0.3 is 5.97 Å². The first-order valence-corrected chi connectivity index (χ1v) is 9.61. The molecule has 2 aliphatic heterocycles. The number of nitrogens with zero attached hydrogens (tertiary/aromatic N) is 1. The number of hydrogen-bond donors (Lipinski definition) is 2. The Kier molecular flexibility index (Phi) is 6.61. The van der Waals surface area contributed by atoms with Crippen LogP contribution in [0.4, 0.5) is 4.39 Å². The highest BCUT2D eigenvalue weighted by atomic mass is 19.1. The van der Waals surface area contributed by atoms with E-state index in [1.165, 1.54) is 24.3 Å². The van der Waals surface area contributed by atoms with Crippen molar-refractivity contribution in [2.45, 2.75) is 31.7 Å². The highest BCUT2D eigenvalue weighted by Crippen LogP contribution is 2.22. The van der Waals surface area contributed by atoms with Crippen LogP contribution in [-0.4, -0.2) is 60.1 Å². The van der Waals surface area contributed by atoms with Gasteiger partial charge in [-0.05, 0) is 49.9 Å². The summed E-state index contributed by atoms with van der Waals surface area (Å²) in [6.45, 7) is 1.66. The van der Waals surface area contributed by atoms with Crippen LogP contribution in [0.25, 0.3) is 0 Å². The van der Waals surface area contributed by atoms with Gasteiger partial charge in [0.25, 0.3) is 5.91 Å². The monoisotopic (exact) mass is 392 g/mol. The van der Waals surface area contributed by atoms with Gasteiger partial charge in [0.2, 0.25) is 5.91 Å². The van der Waals surface area contributed by atoms with Crippen molar-refractivity contribution in [1.82, 2.24) is 10.2 Å². The van der Waals surface area contributed by atoms with E-state index in [1.54, 1.807) is 4.90 Å². The molecule has 1 aromatic carbocycles. The van der Waals surface area contributed by atoms with E-state index < -0.39 is 23.7 Å². The number of carboxylic acids is 1. The van der Waals surface area contributed by atoms with Crippen molar-refractivity contribution in [3.8, 4) is 0 Å². The third kappa shape index (κ3) is 4.86. The normalized spacial score (nSPS) is 23.7. The van der Waals surface area contributed by atoms with Crippen LogP contribution in [0.5, 0.6) is 0 Å². The zero-order valence-corrected chi connectivity index (χ0v) is 15.6. The molecule has 0 radical (unpaired) electrons. The molecule has 2 heterocycles. The lowest BCUT2D eigenvalue weighted by Gasteiger charge is -2.34. The second kappa shape index (κ2) is 9.14. The number of carbonyl (C=O) groups excluding carboxylic acids is 2. The number of hydrogen-bond acceptors (Lipinski definition) is 4. The predicted octanol–water partition coefficient (Wildman–Crippen LogP) is 1.67. The number of amides is 2. The topological polar surface area (TPSA) is 95.9 Å². The number of benzene rings is 1. The number of likely N-dealkylation sites (tertiary alicyclic amines) is 1. The quantitative estimate of drug-likeness (QED) is 0.795. The summed E-state index contributed by atoms with van der Waals surface area (Å²) in [5.74, 6) is -2.82. The molecule has 0 aliphatic carbocycles. The SMILES string of the molecule is O=C(NC(C(=O)O)C1CCCOC1)C1CCCN(C(=O)c2ccc(F)cc2)C1. The first-order chi connectivity index (χ1) is 13.5. The summed E-state index contributed by atoms with van der Waals surface area (Å²) in [5.41, 5.74) is 0.366. The largest absolute Gasteiger partial charge is 0.480 e. The predicted molar refractivity (Wildman–Crippen MR) is 98.1 cm³/mol. The van der Waals surface area contributed by atoms with Crippen molar-refractivity contribution in [1.29, 1.82) is 0 Å². The smallest absolute Gasteiger partial charge is 0.326 e. The minimum Gasteiger partial charge on any atom is -0.480 e. The molecular formula is C20H25FN2O5. The van der Waals surface area contributed by atoms with Crippen molar-refractivity contribution in [3.05, 3.63) is 35.6 Å². The first kappa shape index (κ1) is 20.3. The third-order valence-corrected chi connectivity index (χ3v) is 5.40. The second-order valence-electron chi connectivity index (χ2n) is 7.40. The van der Waals surface area contributed by atoms with Gasteiger partial charge in [0.1, 0.15) is 11.9 Å². The van der Waals surface area contributed by atoms with Crippen molar-refractivity contribution < 1.29 is 28.6 Å². The Morgan fingerprint density at radius 1 is 1.18 bits per heavy atom. The van der Waals surface area contributed by atoms with Crippen LogP contribution in [0.2, 0.25) is 0 Å². The summed E-state index contributed by atoms with van der Waals surface area (Å²) >= 11 is 0. The Morgan fingerprint density at radius 3 is 2.57 bits per heavy atom. The zero-order chi connectivity index (χ0) is 20.1. The van der Waals surface area contributed by atoms with Gasteiger partial charge < -0.3 is 20.1 Å². The summed E-state index contributed by atoms with van der Waals surface area (Å²) < 4.78 is 18.4. The maximum atomic E-state index is 13.1. The van der Waals surface area contributed by atoms with Crippen LogP contribution < -0.4 is 5.32 Å². The van der Waals surface area contributed by atoms with Gasteiger partial charge in [-0.2, -0.15) is 0 Å². The number of aliphatic carboxylic acids is 1. The van der Waals surface area contributed by atoms with Gasteiger partial charge in [-0.15, -0.1) is 0 Å². The van der Waals surface area contributed by atoms with E-state index in [0.29, 0.717) is 44.6 Å². The Morgan fingerprint density at radius 2 is 1.93 bits per heavy atom. The first-order valence-electron chi connectivity index (χ1n) is 9.61. The molecule has 3 unspecified atom stereocenters. The fourth-order valence-corrected chi connectivity index (χ4v) is 3.83. The van der Waals surface area contributed by atoms with E-state index in [-0.39, 0.29) is 24.3 Å². The summed E-state index contributed by atoms with van der Waals surface area (Å²) in [7, 11) is 0. The summed E-state index contributed by atoms with van der Waals surface area (Å²) in [5, 5.41) is 12.2. The molecule has 3 rings (SSSR count). The fraction of sp³-hybridized carbons (Fsp3) is 0.550. The van der Waals surface area contributed by atoms with E-state index >= 15 is 0 Å². The van der Waals surface area contributed by atoms with Crippen molar-refractivity contribution in [3.63, 3.8) is 0 Å². The number of halogens is 1. The van der Waals surface area contributed by atoms with Crippen molar-refractivity contribution >= 4 is 17.8 Å². The zero-order valence-electron chi connectivity index (χ0n) is 15.6. The number of ether oxygens (including phenoxy) is 1. The highest BCUT2D eigenvalue weighted by Gasteiger charge is 2.35. The van der Waals surface area contributed by atoms with Gasteiger partial charge in [0.05, 0.1) is 12.5 Å². The minimum atomic E-state index is -1.07. The minimum absolute atomic E-state index is 0.218. The number of rotatable bonds is 5. The Labute approximate surface area is 162 Å². The molecule has 0 spiro atoms. The average molecular weight is 392 g/mol. The number of piperidine rings is 1. The van der Waals surface area contributed by atoms with Gasteiger partial charge in [-0.25, -0.2) is 9.18 Å². The van der Waals surface area contributed by atoms with E-state index in [1.807, 2.05) is 0 Å². The molecule has 3 atom stereocenters. The van der Waals surface area contributed by atoms with Gasteiger partial charge in [0, 0.05) is 31.2 Å². The molecule has 0 bridgehead atoms. The Balaban J connectivity index is 1.62. The number of nitrogens with one attached hydrogen (secondary N) is 1. The molecule has 152 valence electrons. The molecule has 1 aromatic rings. The summed E-state index contributed by atoms with van der Waals surface area (Å²) in [6.07, 6.45) is 2.70. The lowest BCUT2D eigenvalue weighted by Crippen LogP contribution is -2.52. The fourth-order valence-electron chi connectivity index (χ4n) is 3.83. The number of carbonyl (C=O) groups is 3. The Bertz CT molecular complexity index is 718. The molecular weight excluding hydrogens is 367 g/mol. The molecule has 0 aromatic heterocycles. The van der Waals surface area contributed by atoms with Crippen molar-refractivity contribution in [2.24, 2.45) is 11.8 Å². The third-order valence-electron chi connectivity index (χ3n) is 5.40. The molecule has 28 heavy (non-hydrogen) atoms.